The maximum Gasteiger partial charge on any atom is 0.260 e. The van der Waals surface area contributed by atoms with Crippen molar-refractivity contribution in [2.75, 3.05) is 11.4 Å². The summed E-state index contributed by atoms with van der Waals surface area (Å²) in [6, 6.07) is 14.7. The summed E-state index contributed by atoms with van der Waals surface area (Å²) in [5.41, 5.74) is 0.846. The average Bonchev–Trinajstić information content (AvgIpc) is 2.45. The monoisotopic (exact) mass is 301 g/mol. The number of hydrogen-bond acceptors (Lipinski definition) is 2. The number of carbonyl (C=O) groups is 1. The van der Waals surface area contributed by atoms with Crippen LogP contribution in [-0.4, -0.2) is 18.1 Å². The van der Waals surface area contributed by atoms with Gasteiger partial charge in [-0.3, -0.25) is 4.79 Å². The molecule has 1 aliphatic rings. The third-order valence-corrected chi connectivity index (χ3v) is 3.76. The van der Waals surface area contributed by atoms with Gasteiger partial charge in [0.25, 0.3) is 5.91 Å². The molecule has 3 rings (SSSR count). The van der Waals surface area contributed by atoms with Crippen molar-refractivity contribution < 1.29 is 9.53 Å². The first-order valence-electron chi connectivity index (χ1n) is 6.82. The van der Waals surface area contributed by atoms with Gasteiger partial charge in [0.2, 0.25) is 0 Å². The molecule has 0 aromatic heterocycles. The number of amides is 1. The Hall–Kier alpha value is -2.00. The van der Waals surface area contributed by atoms with Gasteiger partial charge in [0, 0.05) is 0 Å². The van der Waals surface area contributed by atoms with Crippen molar-refractivity contribution in [1.29, 1.82) is 0 Å². The van der Waals surface area contributed by atoms with Crippen LogP contribution in [0.25, 0.3) is 0 Å². The summed E-state index contributed by atoms with van der Waals surface area (Å²) in [7, 11) is 0. The van der Waals surface area contributed by atoms with E-state index in [0.717, 1.165) is 5.69 Å². The van der Waals surface area contributed by atoms with Gasteiger partial charge in [0.15, 0.2) is 0 Å². The van der Waals surface area contributed by atoms with E-state index in [4.69, 9.17) is 16.3 Å². The van der Waals surface area contributed by atoms with E-state index in [-0.39, 0.29) is 5.91 Å². The molecule has 0 radical (unpaired) electrons. The lowest BCUT2D eigenvalue weighted by molar-refractivity contribution is 0.0837. The van der Waals surface area contributed by atoms with Crippen LogP contribution in [0.5, 0.6) is 5.75 Å². The summed E-state index contributed by atoms with van der Waals surface area (Å²) in [5.74, 6) is 0.610. The molecule has 0 aliphatic carbocycles. The Bertz CT molecular complexity index is 697. The van der Waals surface area contributed by atoms with Crippen molar-refractivity contribution in [1.82, 2.24) is 0 Å². The van der Waals surface area contributed by atoms with Gasteiger partial charge < -0.3 is 9.64 Å². The lowest BCUT2D eigenvalue weighted by Crippen LogP contribution is -2.49. The minimum absolute atomic E-state index is 0.107. The van der Waals surface area contributed by atoms with Crippen molar-refractivity contribution in [2.45, 2.75) is 19.4 Å². The van der Waals surface area contributed by atoms with Crippen LogP contribution >= 0.6 is 11.6 Å². The van der Waals surface area contributed by atoms with Crippen LogP contribution in [0.15, 0.2) is 48.5 Å². The molecule has 0 fully saturated rings. The maximum atomic E-state index is 12.9. The maximum absolute atomic E-state index is 12.9. The Morgan fingerprint density at radius 2 is 1.81 bits per heavy atom. The lowest BCUT2D eigenvalue weighted by Gasteiger charge is -2.39. The fourth-order valence-corrected chi connectivity index (χ4v) is 2.74. The van der Waals surface area contributed by atoms with E-state index in [1.165, 1.54) is 0 Å². The van der Waals surface area contributed by atoms with E-state index in [9.17, 15) is 4.79 Å². The Morgan fingerprint density at radius 1 is 1.14 bits per heavy atom. The molecule has 21 heavy (non-hydrogen) atoms. The predicted molar refractivity (Wildman–Crippen MR) is 84.3 cm³/mol. The highest BCUT2D eigenvalue weighted by Gasteiger charge is 2.35. The van der Waals surface area contributed by atoms with Crippen LogP contribution in [0.2, 0.25) is 5.02 Å². The summed E-state index contributed by atoms with van der Waals surface area (Å²) in [4.78, 5) is 14.6. The zero-order valence-corrected chi connectivity index (χ0v) is 12.7. The molecule has 4 heteroatoms. The first kappa shape index (κ1) is 14.0. The van der Waals surface area contributed by atoms with Crippen molar-refractivity contribution in [2.24, 2.45) is 0 Å². The molecule has 0 spiro atoms. The van der Waals surface area contributed by atoms with E-state index in [1.54, 1.807) is 17.0 Å². The lowest BCUT2D eigenvalue weighted by atomic mass is 10.0. The average molecular weight is 302 g/mol. The summed E-state index contributed by atoms with van der Waals surface area (Å²) < 4.78 is 5.94. The van der Waals surface area contributed by atoms with Crippen LogP contribution < -0.4 is 9.64 Å². The number of nitrogens with zero attached hydrogens (tertiary/aromatic N) is 1. The fraction of sp³-hybridized carbons (Fsp3) is 0.235. The fourth-order valence-electron chi connectivity index (χ4n) is 2.52. The van der Waals surface area contributed by atoms with Gasteiger partial charge in [0.05, 0.1) is 22.8 Å². The van der Waals surface area contributed by atoms with E-state index in [1.807, 2.05) is 50.2 Å². The van der Waals surface area contributed by atoms with Crippen LogP contribution in [0.1, 0.15) is 24.2 Å². The minimum Gasteiger partial charge on any atom is -0.484 e. The number of benzene rings is 2. The van der Waals surface area contributed by atoms with Crippen LogP contribution in [0.3, 0.4) is 0 Å². The molecule has 0 atom stereocenters. The molecular formula is C17H16ClNO2. The molecule has 3 nitrogen and oxygen atoms in total. The van der Waals surface area contributed by atoms with Crippen LogP contribution in [0.4, 0.5) is 5.69 Å². The van der Waals surface area contributed by atoms with Crippen molar-refractivity contribution >= 4 is 23.2 Å². The van der Waals surface area contributed by atoms with Gasteiger partial charge in [-0.2, -0.15) is 0 Å². The van der Waals surface area contributed by atoms with Crippen LogP contribution in [-0.2, 0) is 0 Å². The van der Waals surface area contributed by atoms with Gasteiger partial charge in [-0.15, -0.1) is 0 Å². The van der Waals surface area contributed by atoms with Gasteiger partial charge >= 0.3 is 0 Å². The molecule has 108 valence electrons. The standard InChI is InChI=1S/C17H16ClNO2/c1-17(2)11-19(14-9-5-6-10-15(14)21-17)16(20)12-7-3-4-8-13(12)18/h3-10H,11H2,1-2H3. The first-order valence-corrected chi connectivity index (χ1v) is 7.20. The topological polar surface area (TPSA) is 29.5 Å². The number of halogens is 1. The third-order valence-electron chi connectivity index (χ3n) is 3.43. The quantitative estimate of drug-likeness (QED) is 0.791. The molecule has 0 unspecified atom stereocenters. The molecule has 1 heterocycles. The summed E-state index contributed by atoms with van der Waals surface area (Å²) in [6.07, 6.45) is 0. The number of fused-ring (bicyclic) bond motifs is 1. The zero-order chi connectivity index (χ0) is 15.0. The van der Waals surface area contributed by atoms with E-state index in [0.29, 0.717) is 22.9 Å². The number of rotatable bonds is 1. The number of para-hydroxylation sites is 2. The number of ether oxygens (including phenoxy) is 1. The minimum atomic E-state index is -0.439. The number of hydrogen-bond donors (Lipinski definition) is 0. The highest BCUT2D eigenvalue weighted by molar-refractivity contribution is 6.34. The molecular weight excluding hydrogens is 286 g/mol. The predicted octanol–water partition coefficient (Wildman–Crippen LogP) is 4.16. The second-order valence-corrected chi connectivity index (χ2v) is 6.11. The molecule has 2 aromatic rings. The normalized spacial score (nSPS) is 16.0. The molecule has 1 amide bonds. The van der Waals surface area contributed by atoms with Crippen LogP contribution in [0, 0.1) is 0 Å². The zero-order valence-electron chi connectivity index (χ0n) is 12.0. The molecule has 2 aromatic carbocycles. The van der Waals surface area contributed by atoms with Gasteiger partial charge in [-0.1, -0.05) is 35.9 Å². The van der Waals surface area contributed by atoms with Gasteiger partial charge in [0.1, 0.15) is 11.4 Å². The third kappa shape index (κ3) is 2.61. The smallest absolute Gasteiger partial charge is 0.260 e. The Morgan fingerprint density at radius 3 is 2.57 bits per heavy atom. The molecule has 0 bridgehead atoms. The number of carbonyl (C=O) groups excluding carboxylic acids is 1. The van der Waals surface area contributed by atoms with E-state index < -0.39 is 5.60 Å². The van der Waals surface area contributed by atoms with E-state index in [2.05, 4.69) is 0 Å². The highest BCUT2D eigenvalue weighted by atomic mass is 35.5. The van der Waals surface area contributed by atoms with E-state index >= 15 is 0 Å². The van der Waals surface area contributed by atoms with Gasteiger partial charge in [-0.05, 0) is 38.1 Å². The van der Waals surface area contributed by atoms with Crippen molar-refractivity contribution in [3.63, 3.8) is 0 Å². The highest BCUT2D eigenvalue weighted by Crippen LogP contribution is 2.37. The van der Waals surface area contributed by atoms with Crippen molar-refractivity contribution in [3.05, 3.63) is 59.1 Å². The molecule has 0 saturated carbocycles. The number of anilines is 1. The largest absolute Gasteiger partial charge is 0.484 e. The Kier molecular flexibility index (Phi) is 3.38. The SMILES string of the molecule is CC1(C)CN(C(=O)c2ccccc2Cl)c2ccccc2O1. The molecule has 1 aliphatic heterocycles. The van der Waals surface area contributed by atoms with Gasteiger partial charge in [-0.25, -0.2) is 0 Å². The Labute approximate surface area is 129 Å². The molecule has 0 N–H and O–H groups in total. The van der Waals surface area contributed by atoms with Crippen molar-refractivity contribution in [3.8, 4) is 5.75 Å². The summed E-state index contributed by atoms with van der Waals surface area (Å²) in [5, 5.41) is 0.462. The first-order chi connectivity index (χ1) is 9.98. The molecule has 0 saturated heterocycles. The summed E-state index contributed by atoms with van der Waals surface area (Å²) in [6.45, 7) is 4.42. The Balaban J connectivity index is 2.06. The summed E-state index contributed by atoms with van der Waals surface area (Å²) >= 11 is 6.16. The second-order valence-electron chi connectivity index (χ2n) is 5.70. The second kappa shape index (κ2) is 5.08.